The van der Waals surface area contributed by atoms with Crippen molar-refractivity contribution in [3.05, 3.63) is 0 Å². The summed E-state index contributed by atoms with van der Waals surface area (Å²) in [7, 11) is 0. The fourth-order valence-corrected chi connectivity index (χ4v) is 1.73. The van der Waals surface area contributed by atoms with Crippen LogP contribution in [0.5, 0.6) is 0 Å². The molecule has 3 nitrogen and oxygen atoms in total. The van der Waals surface area contributed by atoms with Gasteiger partial charge >= 0.3 is 40.8 Å². The van der Waals surface area contributed by atoms with Gasteiger partial charge < -0.3 is 88.8 Å². The molecule has 0 heterocycles. The Kier molecular flexibility index (Phi) is 29.6. The molecule has 1 radical (unpaired) electrons. The van der Waals surface area contributed by atoms with Gasteiger partial charge in [-0.05, 0) is 41.5 Å². The third-order valence-corrected chi connectivity index (χ3v) is 1.57. The van der Waals surface area contributed by atoms with Gasteiger partial charge in [0.2, 0.25) is 0 Å². The van der Waals surface area contributed by atoms with Crippen LogP contribution in [0.4, 0.5) is 0 Å². The van der Waals surface area contributed by atoms with E-state index in [-0.39, 0.29) is 72.3 Å². The molecule has 10 heteroatoms. The van der Waals surface area contributed by atoms with Crippen LogP contribution in [-0.2, 0) is 52.1 Å². The van der Waals surface area contributed by atoms with E-state index in [4.69, 9.17) is 14.2 Å². The maximum atomic E-state index is 4.80. The van der Waals surface area contributed by atoms with Crippen LogP contribution in [0, 0.1) is 40.8 Å². The van der Waals surface area contributed by atoms with Crippen LogP contribution in [0.3, 0.4) is 0 Å². The molecule has 0 spiro atoms. The Bertz CT molecular complexity index is 264. The van der Waals surface area contributed by atoms with Crippen molar-refractivity contribution < 1.29 is 55.0 Å². The van der Waals surface area contributed by atoms with Crippen molar-refractivity contribution in [2.75, 3.05) is 0 Å². The van der Waals surface area contributed by atoms with E-state index in [0.29, 0.717) is 0 Å². The first kappa shape index (κ1) is 31.5. The second-order valence-electron chi connectivity index (χ2n) is 4.25. The third-order valence-electron chi connectivity index (χ3n) is 0.996. The summed E-state index contributed by atoms with van der Waals surface area (Å²) in [6, 6.07) is 0. The van der Waals surface area contributed by atoms with Gasteiger partial charge in [-0.2, -0.15) is 0 Å². The van der Waals surface area contributed by atoms with Crippen molar-refractivity contribution in [3.63, 3.8) is 0 Å². The molecule has 0 aliphatic rings. The summed E-state index contributed by atoms with van der Waals surface area (Å²) in [4.78, 5) is 0. The zero-order chi connectivity index (χ0) is 17.6. The normalized spacial score (nSPS) is 8.59. The van der Waals surface area contributed by atoms with Crippen molar-refractivity contribution in [3.8, 4) is 0 Å². The van der Waals surface area contributed by atoms with Crippen LogP contribution in [-0.4, -0.2) is 31.5 Å². The van der Waals surface area contributed by atoms with Gasteiger partial charge in [0.15, 0.2) is 0 Å². The van der Waals surface area contributed by atoms with Crippen LogP contribution in [0.25, 0.3) is 0 Å². The van der Waals surface area contributed by atoms with Crippen molar-refractivity contribution >= 4 is 87.7 Å². The van der Waals surface area contributed by atoms with E-state index in [1.54, 1.807) is 0 Å². The second-order valence-corrected chi connectivity index (χ2v) is 7.25. The van der Waals surface area contributed by atoms with Crippen molar-refractivity contribution in [2.45, 2.75) is 59.9 Å². The van der Waals surface area contributed by atoms with Crippen LogP contribution < -0.4 is 0 Å². The topological polar surface area (TPSA) is 27.7 Å². The summed E-state index contributed by atoms with van der Waals surface area (Å²) < 4.78 is 15.0. The molecule has 22 heavy (non-hydrogen) atoms. The van der Waals surface area contributed by atoms with Crippen molar-refractivity contribution in [2.24, 2.45) is 0 Å². The van der Waals surface area contributed by atoms with Gasteiger partial charge in [-0.1, -0.05) is 0 Å². The molecule has 0 saturated carbocycles. The van der Waals surface area contributed by atoms with E-state index in [9.17, 15) is 0 Å². The van der Waals surface area contributed by atoms with Crippen LogP contribution in [0.15, 0.2) is 0 Å². The molecule has 0 bridgehead atoms. The maximum absolute atomic E-state index is 4.80. The molecule has 0 aromatic heterocycles. The Morgan fingerprint density at radius 3 is 0.727 bits per heavy atom. The summed E-state index contributed by atoms with van der Waals surface area (Å²) in [6.07, 6.45) is 0.389. The molecule has 0 N–H and O–H groups in total. The summed E-state index contributed by atoms with van der Waals surface area (Å²) in [5.74, 6) is 0. The van der Waals surface area contributed by atoms with E-state index < -0.39 is 0 Å². The molecule has 0 aromatic rings. The van der Waals surface area contributed by atoms with Gasteiger partial charge in [-0.3, -0.25) is 0 Å². The van der Waals surface area contributed by atoms with Crippen molar-refractivity contribution in [1.29, 1.82) is 0 Å². The Balaban J connectivity index is -0.000000108. The Morgan fingerprint density at radius 2 is 0.727 bits per heavy atom. The second kappa shape index (κ2) is 20.7. The molecule has 0 aliphatic carbocycles. The smallest absolute Gasteiger partial charge is 0.511 e. The van der Waals surface area contributed by atoms with E-state index in [1.807, 2.05) is 41.5 Å². The number of ether oxygens (including phenoxy) is 3. The Hall–Kier alpha value is 1.68. The van der Waals surface area contributed by atoms with Gasteiger partial charge in [-0.25, -0.2) is 0 Å². The number of hydrogen-bond donors (Lipinski definition) is 0. The monoisotopic (exact) mass is 547 g/mol. The van der Waals surface area contributed by atoms with E-state index in [0.717, 1.165) is 0 Å². The number of thiocarbonyl (C=S) groups is 3. The quantitative estimate of drug-likeness (QED) is 0.386. The Labute approximate surface area is 200 Å². The molecule has 0 unspecified atom stereocenters. The summed E-state index contributed by atoms with van der Waals surface area (Å²) in [6.45, 7) is 11.3. The van der Waals surface area contributed by atoms with E-state index in [2.05, 4.69) is 74.5 Å². The SMILES string of the molecule is CC(C)OC(=S)[S-].CC(C)OC(=S)[S-].CC(C)OC(=S)[S-].[Nd+3]. The van der Waals surface area contributed by atoms with Crippen molar-refractivity contribution in [1.82, 2.24) is 0 Å². The molecule has 0 rings (SSSR count). The molecule has 0 atom stereocenters. The van der Waals surface area contributed by atoms with Crippen LogP contribution >= 0.6 is 36.7 Å². The third kappa shape index (κ3) is 49.5. The van der Waals surface area contributed by atoms with Gasteiger partial charge in [-0.15, -0.1) is 0 Å². The molecule has 0 aromatic carbocycles. The largest absolute Gasteiger partial charge is 3.00 e. The van der Waals surface area contributed by atoms with E-state index in [1.165, 1.54) is 0 Å². The molecule has 0 saturated heterocycles. The fourth-order valence-electron chi connectivity index (χ4n) is 0.577. The summed E-state index contributed by atoms with van der Waals surface area (Å²) >= 11 is 26.8. The summed E-state index contributed by atoms with van der Waals surface area (Å²) in [5, 5.41) is 0. The molecule has 0 aliphatic heterocycles. The van der Waals surface area contributed by atoms with Crippen LogP contribution in [0.2, 0.25) is 0 Å². The van der Waals surface area contributed by atoms with Crippen LogP contribution in [0.1, 0.15) is 41.5 Å². The average Bonchev–Trinajstić information content (AvgIpc) is 2.10. The van der Waals surface area contributed by atoms with Gasteiger partial charge in [0.25, 0.3) is 0 Å². The zero-order valence-electron chi connectivity index (χ0n) is 13.4. The minimum Gasteiger partial charge on any atom is -0.511 e. The minimum atomic E-state index is 0. The molecule has 0 amide bonds. The minimum absolute atomic E-state index is 0. The fraction of sp³-hybridized carbons (Fsp3) is 0.750. The Morgan fingerprint density at radius 1 is 0.591 bits per heavy atom. The molecular formula is C12H21NdO3S6. The standard InChI is InChI=1S/3C4H8OS2.Nd/c3*1-3(2)5-4(6)7;/h3*3H,1-2H3,(H,6,7);/q;;;+3/p-3. The zero-order valence-corrected chi connectivity index (χ0v) is 21.5. The molecular weight excluding hydrogens is 529 g/mol. The predicted octanol–water partition coefficient (Wildman–Crippen LogP) is 3.73. The number of hydrogen-bond acceptors (Lipinski definition) is 9. The molecule has 127 valence electrons. The first-order valence-corrected chi connectivity index (χ1v) is 8.46. The summed E-state index contributed by atoms with van der Waals surface area (Å²) in [5.41, 5.74) is 0. The molecule has 0 fully saturated rings. The first-order chi connectivity index (χ1) is 9.38. The van der Waals surface area contributed by atoms with Gasteiger partial charge in [0.1, 0.15) is 0 Å². The van der Waals surface area contributed by atoms with Gasteiger partial charge in [0.05, 0.1) is 18.3 Å². The predicted molar refractivity (Wildman–Crippen MR) is 109 cm³/mol. The van der Waals surface area contributed by atoms with E-state index >= 15 is 0 Å². The average molecular weight is 550 g/mol. The van der Waals surface area contributed by atoms with Gasteiger partial charge in [0, 0.05) is 13.1 Å². The first-order valence-electron chi connectivity index (χ1n) is 6.01. The number of rotatable bonds is 3. The maximum Gasteiger partial charge on any atom is 3.00 e.